The van der Waals surface area contributed by atoms with E-state index in [0.29, 0.717) is 31.9 Å². The van der Waals surface area contributed by atoms with E-state index in [1.165, 1.54) is 0 Å². The number of carbonyl (C=O) groups excluding carboxylic acids is 1. The molecule has 2 rings (SSSR count). The zero-order valence-corrected chi connectivity index (χ0v) is 13.3. The van der Waals surface area contributed by atoms with E-state index in [1.54, 1.807) is 23.2 Å². The highest BCUT2D eigenvalue weighted by molar-refractivity contribution is 9.10. The summed E-state index contributed by atoms with van der Waals surface area (Å²) in [6.07, 6.45) is 1.62. The summed E-state index contributed by atoms with van der Waals surface area (Å²) in [6, 6.07) is 3.37. The molecule has 21 heavy (non-hydrogen) atoms. The summed E-state index contributed by atoms with van der Waals surface area (Å²) >= 11 is 3.30. The molecule has 1 aromatic heterocycles. The third-order valence-electron chi connectivity index (χ3n) is 3.64. The molecule has 2 heterocycles. The van der Waals surface area contributed by atoms with E-state index in [0.717, 1.165) is 4.47 Å². The van der Waals surface area contributed by atoms with E-state index in [1.807, 2.05) is 6.92 Å². The lowest BCUT2D eigenvalue weighted by Gasteiger charge is -2.37. The minimum atomic E-state index is -0.141. The quantitative estimate of drug-likeness (QED) is 0.361. The molecule has 1 aliphatic rings. The van der Waals surface area contributed by atoms with Crippen LogP contribution in [-0.2, 0) is 0 Å². The predicted molar refractivity (Wildman–Crippen MR) is 82.3 cm³/mol. The number of hydrogen-bond acceptors (Lipinski definition) is 5. The van der Waals surface area contributed by atoms with Gasteiger partial charge in [0.25, 0.3) is 5.91 Å². The van der Waals surface area contributed by atoms with Crippen molar-refractivity contribution >= 4 is 27.7 Å². The fraction of sp³-hybridized carbons (Fsp3) is 0.462. The molecule has 8 heteroatoms. The van der Waals surface area contributed by atoms with E-state index in [2.05, 4.69) is 31.0 Å². The molecule has 1 aromatic rings. The van der Waals surface area contributed by atoms with Crippen molar-refractivity contribution in [2.24, 2.45) is 10.9 Å². The molecular weight excluding hydrogens is 338 g/mol. The number of carbonyl (C=O) groups is 1. The van der Waals surface area contributed by atoms with Crippen LogP contribution in [0, 0.1) is 0 Å². The average Bonchev–Trinajstić information content (AvgIpc) is 2.53. The number of amidine groups is 1. The molecule has 1 saturated heterocycles. The Labute approximate surface area is 131 Å². The Kier molecular flexibility index (Phi) is 5.13. The van der Waals surface area contributed by atoms with Gasteiger partial charge in [0.2, 0.25) is 0 Å². The average molecular weight is 356 g/mol. The topological polar surface area (TPSA) is 95.0 Å². The lowest BCUT2D eigenvalue weighted by atomic mass is 10.2. The molecule has 0 aromatic carbocycles. The molecule has 0 saturated carbocycles. The van der Waals surface area contributed by atoms with Gasteiger partial charge in [-0.05, 0) is 35.0 Å². The molecular formula is C13H18BrN5O2. The molecule has 1 amide bonds. The summed E-state index contributed by atoms with van der Waals surface area (Å²) in [5.74, 6) is 0.114. The molecule has 3 N–H and O–H groups in total. The summed E-state index contributed by atoms with van der Waals surface area (Å²) in [4.78, 5) is 20.3. The van der Waals surface area contributed by atoms with Crippen LogP contribution < -0.4 is 5.73 Å². The van der Waals surface area contributed by atoms with Crippen molar-refractivity contribution in [2.75, 3.05) is 26.2 Å². The standard InChI is InChI=1S/C13H18BrN5O2/c1-9(12(15)17-21)18-4-6-19(7-5-18)13(20)11-3-2-10(14)8-16-11/h2-3,8-9,21H,4-7H2,1H3,(H2,15,17). The Balaban J connectivity index is 1.94. The predicted octanol–water partition coefficient (Wildman–Crippen LogP) is 0.737. The zero-order chi connectivity index (χ0) is 15.4. The highest BCUT2D eigenvalue weighted by Gasteiger charge is 2.26. The van der Waals surface area contributed by atoms with Gasteiger partial charge in [0.15, 0.2) is 5.84 Å². The third-order valence-corrected chi connectivity index (χ3v) is 4.11. The van der Waals surface area contributed by atoms with Crippen molar-refractivity contribution in [3.63, 3.8) is 0 Å². The van der Waals surface area contributed by atoms with Gasteiger partial charge in [0.1, 0.15) is 5.69 Å². The normalized spacial score (nSPS) is 18.6. The highest BCUT2D eigenvalue weighted by atomic mass is 79.9. The summed E-state index contributed by atoms with van der Waals surface area (Å²) in [6.45, 7) is 4.43. The van der Waals surface area contributed by atoms with Gasteiger partial charge < -0.3 is 15.8 Å². The molecule has 1 atom stereocenters. The number of amides is 1. The van der Waals surface area contributed by atoms with Gasteiger partial charge in [0, 0.05) is 36.8 Å². The minimum Gasteiger partial charge on any atom is -0.409 e. The molecule has 0 spiro atoms. The number of hydrogen-bond donors (Lipinski definition) is 2. The van der Waals surface area contributed by atoms with Gasteiger partial charge in [-0.25, -0.2) is 4.98 Å². The van der Waals surface area contributed by atoms with E-state index in [9.17, 15) is 4.79 Å². The smallest absolute Gasteiger partial charge is 0.272 e. The monoisotopic (exact) mass is 355 g/mol. The Morgan fingerprint density at radius 3 is 2.62 bits per heavy atom. The lowest BCUT2D eigenvalue weighted by Crippen LogP contribution is -2.54. The first-order chi connectivity index (χ1) is 10.0. The molecule has 1 fully saturated rings. The second-order valence-corrected chi connectivity index (χ2v) is 5.81. The second-order valence-electron chi connectivity index (χ2n) is 4.89. The van der Waals surface area contributed by atoms with E-state index < -0.39 is 0 Å². The van der Waals surface area contributed by atoms with Crippen LogP contribution in [0.25, 0.3) is 0 Å². The number of rotatable bonds is 3. The number of piperazine rings is 1. The molecule has 0 radical (unpaired) electrons. The van der Waals surface area contributed by atoms with Crippen molar-refractivity contribution in [3.05, 3.63) is 28.5 Å². The Bertz CT molecular complexity index is 526. The molecule has 7 nitrogen and oxygen atoms in total. The van der Waals surface area contributed by atoms with Crippen molar-refractivity contribution in [1.82, 2.24) is 14.8 Å². The van der Waals surface area contributed by atoms with Crippen LogP contribution in [0.3, 0.4) is 0 Å². The summed E-state index contributed by atoms with van der Waals surface area (Å²) in [5, 5.41) is 11.7. The van der Waals surface area contributed by atoms with Gasteiger partial charge in [0.05, 0.1) is 6.04 Å². The van der Waals surface area contributed by atoms with Gasteiger partial charge in [-0.3, -0.25) is 9.69 Å². The number of nitrogens with zero attached hydrogens (tertiary/aromatic N) is 4. The zero-order valence-electron chi connectivity index (χ0n) is 11.7. The number of pyridine rings is 1. The first-order valence-corrected chi connectivity index (χ1v) is 7.44. The Morgan fingerprint density at radius 1 is 1.43 bits per heavy atom. The first kappa shape index (κ1) is 15.7. The summed E-state index contributed by atoms with van der Waals surface area (Å²) in [5.41, 5.74) is 6.05. The number of oxime groups is 1. The molecule has 1 unspecified atom stereocenters. The van der Waals surface area contributed by atoms with Crippen LogP contribution in [0.4, 0.5) is 0 Å². The Hall–Kier alpha value is -1.67. The minimum absolute atomic E-state index is 0.0707. The lowest BCUT2D eigenvalue weighted by molar-refractivity contribution is 0.0613. The van der Waals surface area contributed by atoms with Crippen molar-refractivity contribution in [2.45, 2.75) is 13.0 Å². The number of halogens is 1. The van der Waals surface area contributed by atoms with Crippen LogP contribution in [0.5, 0.6) is 0 Å². The van der Waals surface area contributed by atoms with E-state index >= 15 is 0 Å². The highest BCUT2D eigenvalue weighted by Crippen LogP contribution is 2.12. The third kappa shape index (κ3) is 3.70. The van der Waals surface area contributed by atoms with E-state index in [-0.39, 0.29) is 17.8 Å². The maximum Gasteiger partial charge on any atom is 0.272 e. The van der Waals surface area contributed by atoms with Crippen molar-refractivity contribution < 1.29 is 10.0 Å². The van der Waals surface area contributed by atoms with Crippen molar-refractivity contribution in [1.29, 1.82) is 0 Å². The molecule has 0 aliphatic carbocycles. The summed E-state index contributed by atoms with van der Waals surface area (Å²) in [7, 11) is 0. The van der Waals surface area contributed by atoms with Crippen LogP contribution in [-0.4, -0.2) is 64.0 Å². The van der Waals surface area contributed by atoms with Gasteiger partial charge >= 0.3 is 0 Å². The fourth-order valence-electron chi connectivity index (χ4n) is 2.25. The van der Waals surface area contributed by atoms with Crippen LogP contribution in [0.1, 0.15) is 17.4 Å². The largest absolute Gasteiger partial charge is 0.409 e. The summed E-state index contributed by atoms with van der Waals surface area (Å²) < 4.78 is 0.844. The maximum absolute atomic E-state index is 12.3. The molecule has 1 aliphatic heterocycles. The van der Waals surface area contributed by atoms with Crippen molar-refractivity contribution in [3.8, 4) is 0 Å². The molecule has 114 valence electrons. The Morgan fingerprint density at radius 2 is 2.10 bits per heavy atom. The van der Waals surface area contributed by atoms with Gasteiger partial charge in [-0.15, -0.1) is 0 Å². The maximum atomic E-state index is 12.3. The first-order valence-electron chi connectivity index (χ1n) is 6.65. The van der Waals surface area contributed by atoms with Crippen LogP contribution >= 0.6 is 15.9 Å². The molecule has 0 bridgehead atoms. The van der Waals surface area contributed by atoms with Gasteiger partial charge in [-0.2, -0.15) is 0 Å². The van der Waals surface area contributed by atoms with Gasteiger partial charge in [-0.1, -0.05) is 5.16 Å². The van der Waals surface area contributed by atoms with E-state index in [4.69, 9.17) is 10.9 Å². The number of aromatic nitrogens is 1. The second kappa shape index (κ2) is 6.86. The SMILES string of the molecule is CC(C(N)=NO)N1CCN(C(=O)c2ccc(Br)cn2)CC1. The number of nitrogens with two attached hydrogens (primary N) is 1. The van der Waals surface area contributed by atoms with Crippen LogP contribution in [0.15, 0.2) is 28.0 Å². The van der Waals surface area contributed by atoms with Crippen LogP contribution in [0.2, 0.25) is 0 Å². The fourth-order valence-corrected chi connectivity index (χ4v) is 2.48.